The van der Waals surface area contributed by atoms with Crippen molar-refractivity contribution in [2.75, 3.05) is 11.9 Å². The van der Waals surface area contributed by atoms with Gasteiger partial charge in [0.2, 0.25) is 0 Å². The Hall–Kier alpha value is -1.59. The summed E-state index contributed by atoms with van der Waals surface area (Å²) in [5.41, 5.74) is 5.43. The molecule has 1 aromatic carbocycles. The molecule has 0 atom stereocenters. The lowest BCUT2D eigenvalue weighted by atomic mass is 10.1. The molecule has 2 aromatic rings. The van der Waals surface area contributed by atoms with Gasteiger partial charge in [-0.05, 0) is 69.6 Å². The molecular formula is C17H23ClN4S. The lowest BCUT2D eigenvalue weighted by Gasteiger charge is -2.12. The molecule has 0 aliphatic carbocycles. The number of hydrogen-bond acceptors (Lipinski definition) is 2. The Bertz CT molecular complexity index is 709. The van der Waals surface area contributed by atoms with E-state index in [2.05, 4.69) is 41.7 Å². The van der Waals surface area contributed by atoms with Crippen LogP contribution in [-0.4, -0.2) is 21.4 Å². The lowest BCUT2D eigenvalue weighted by molar-refractivity contribution is 0.558. The molecule has 0 fully saturated rings. The van der Waals surface area contributed by atoms with E-state index < -0.39 is 0 Å². The van der Waals surface area contributed by atoms with E-state index in [0.29, 0.717) is 5.11 Å². The first-order valence-corrected chi connectivity index (χ1v) is 8.48. The van der Waals surface area contributed by atoms with Gasteiger partial charge in [0.1, 0.15) is 0 Å². The Labute approximate surface area is 148 Å². The highest BCUT2D eigenvalue weighted by Gasteiger charge is 2.08. The minimum Gasteiger partial charge on any atom is -0.362 e. The highest BCUT2D eigenvalue weighted by atomic mass is 35.5. The predicted octanol–water partition coefficient (Wildman–Crippen LogP) is 4.15. The van der Waals surface area contributed by atoms with Crippen LogP contribution < -0.4 is 10.6 Å². The fourth-order valence-corrected chi connectivity index (χ4v) is 2.67. The van der Waals surface area contributed by atoms with Gasteiger partial charge in [0.05, 0.1) is 16.4 Å². The first-order chi connectivity index (χ1) is 10.9. The average Bonchev–Trinajstić information content (AvgIpc) is 2.75. The van der Waals surface area contributed by atoms with Crippen LogP contribution in [0.15, 0.2) is 18.2 Å². The molecule has 0 saturated heterocycles. The van der Waals surface area contributed by atoms with Crippen molar-refractivity contribution in [1.29, 1.82) is 0 Å². The van der Waals surface area contributed by atoms with Crippen LogP contribution in [0.25, 0.3) is 0 Å². The van der Waals surface area contributed by atoms with Crippen LogP contribution in [0.5, 0.6) is 0 Å². The monoisotopic (exact) mass is 350 g/mol. The molecule has 0 amide bonds. The van der Waals surface area contributed by atoms with E-state index in [9.17, 15) is 0 Å². The lowest BCUT2D eigenvalue weighted by Crippen LogP contribution is -2.29. The van der Waals surface area contributed by atoms with E-state index in [1.807, 2.05) is 24.6 Å². The maximum Gasteiger partial charge on any atom is 0.170 e. The van der Waals surface area contributed by atoms with E-state index in [0.717, 1.165) is 41.6 Å². The van der Waals surface area contributed by atoms with Crippen LogP contribution in [0.4, 0.5) is 5.69 Å². The SMILES string of the molecule is Cc1ccc(NC(=S)NCCCn2nc(C)c(Cl)c2C)cc1C. The van der Waals surface area contributed by atoms with E-state index in [4.69, 9.17) is 23.8 Å². The van der Waals surface area contributed by atoms with Crippen molar-refractivity contribution in [2.24, 2.45) is 0 Å². The minimum atomic E-state index is 0.639. The number of thiocarbonyl (C=S) groups is 1. The topological polar surface area (TPSA) is 41.9 Å². The standard InChI is InChI=1S/C17H23ClN4S/c1-11-6-7-15(10-12(11)2)20-17(23)19-8-5-9-22-14(4)16(18)13(3)21-22/h6-7,10H,5,8-9H2,1-4H3,(H2,19,20,23). The van der Waals surface area contributed by atoms with Gasteiger partial charge in [0, 0.05) is 18.8 Å². The van der Waals surface area contributed by atoms with Gasteiger partial charge < -0.3 is 10.6 Å². The fourth-order valence-electron chi connectivity index (χ4n) is 2.32. The first-order valence-electron chi connectivity index (χ1n) is 7.70. The Kier molecular flexibility index (Phi) is 6.02. The summed E-state index contributed by atoms with van der Waals surface area (Å²) in [4.78, 5) is 0. The molecule has 0 bridgehead atoms. The number of aryl methyl sites for hydroxylation is 4. The van der Waals surface area contributed by atoms with Gasteiger partial charge in [-0.25, -0.2) is 0 Å². The molecule has 2 N–H and O–H groups in total. The molecule has 0 spiro atoms. The molecule has 23 heavy (non-hydrogen) atoms. The van der Waals surface area contributed by atoms with Gasteiger partial charge in [-0.3, -0.25) is 4.68 Å². The highest BCUT2D eigenvalue weighted by Crippen LogP contribution is 2.18. The first kappa shape index (κ1) is 17.8. The zero-order chi connectivity index (χ0) is 17.0. The number of aromatic nitrogens is 2. The summed E-state index contributed by atoms with van der Waals surface area (Å²) < 4.78 is 1.94. The summed E-state index contributed by atoms with van der Waals surface area (Å²) in [6.45, 7) is 9.71. The van der Waals surface area contributed by atoms with Gasteiger partial charge in [0.25, 0.3) is 0 Å². The molecule has 0 radical (unpaired) electrons. The van der Waals surface area contributed by atoms with Gasteiger partial charge in [-0.1, -0.05) is 17.7 Å². The van der Waals surface area contributed by atoms with Crippen LogP contribution in [0, 0.1) is 27.7 Å². The Morgan fingerprint density at radius 3 is 2.57 bits per heavy atom. The summed E-state index contributed by atoms with van der Waals surface area (Å²) in [7, 11) is 0. The highest BCUT2D eigenvalue weighted by molar-refractivity contribution is 7.80. The molecule has 1 aromatic heterocycles. The predicted molar refractivity (Wildman–Crippen MR) is 101 cm³/mol. The molecule has 2 rings (SSSR count). The third-order valence-electron chi connectivity index (χ3n) is 3.89. The van der Waals surface area contributed by atoms with Crippen molar-refractivity contribution in [3.8, 4) is 0 Å². The van der Waals surface area contributed by atoms with E-state index in [-0.39, 0.29) is 0 Å². The van der Waals surface area contributed by atoms with E-state index in [1.165, 1.54) is 11.1 Å². The number of rotatable bonds is 5. The number of halogens is 1. The van der Waals surface area contributed by atoms with Crippen LogP contribution in [0.3, 0.4) is 0 Å². The largest absolute Gasteiger partial charge is 0.362 e. The molecule has 1 heterocycles. The van der Waals surface area contributed by atoms with Gasteiger partial charge in [-0.15, -0.1) is 0 Å². The number of benzene rings is 1. The van der Waals surface area contributed by atoms with Crippen molar-refractivity contribution in [1.82, 2.24) is 15.1 Å². The van der Waals surface area contributed by atoms with Crippen molar-refractivity contribution < 1.29 is 0 Å². The van der Waals surface area contributed by atoms with E-state index in [1.54, 1.807) is 0 Å². The molecule has 0 saturated carbocycles. The Morgan fingerprint density at radius 2 is 1.96 bits per heavy atom. The third-order valence-corrected chi connectivity index (χ3v) is 4.68. The third kappa shape index (κ3) is 4.69. The molecule has 0 unspecified atom stereocenters. The summed E-state index contributed by atoms with van der Waals surface area (Å²) >= 11 is 11.5. The van der Waals surface area contributed by atoms with Crippen molar-refractivity contribution in [3.05, 3.63) is 45.7 Å². The van der Waals surface area contributed by atoms with Crippen LogP contribution in [0.1, 0.15) is 28.9 Å². The average molecular weight is 351 g/mol. The second-order valence-corrected chi connectivity index (χ2v) is 6.53. The van der Waals surface area contributed by atoms with Gasteiger partial charge >= 0.3 is 0 Å². The summed E-state index contributed by atoms with van der Waals surface area (Å²) in [5, 5.41) is 12.2. The zero-order valence-corrected chi connectivity index (χ0v) is 15.6. The number of nitrogens with zero attached hydrogens (tertiary/aromatic N) is 2. The van der Waals surface area contributed by atoms with Crippen molar-refractivity contribution >= 4 is 34.6 Å². The summed E-state index contributed by atoms with van der Waals surface area (Å²) in [6, 6.07) is 6.22. The molecule has 6 heteroatoms. The number of anilines is 1. The van der Waals surface area contributed by atoms with Crippen LogP contribution >= 0.6 is 23.8 Å². The van der Waals surface area contributed by atoms with Crippen molar-refractivity contribution in [3.63, 3.8) is 0 Å². The normalized spacial score (nSPS) is 10.7. The maximum atomic E-state index is 6.15. The van der Waals surface area contributed by atoms with E-state index >= 15 is 0 Å². The summed E-state index contributed by atoms with van der Waals surface area (Å²) in [6.07, 6.45) is 0.924. The van der Waals surface area contributed by atoms with Gasteiger partial charge in [-0.2, -0.15) is 5.10 Å². The Morgan fingerprint density at radius 1 is 1.22 bits per heavy atom. The molecule has 124 valence electrons. The van der Waals surface area contributed by atoms with Crippen LogP contribution in [0.2, 0.25) is 5.02 Å². The maximum absolute atomic E-state index is 6.15. The smallest absolute Gasteiger partial charge is 0.170 e. The quantitative estimate of drug-likeness (QED) is 0.628. The number of hydrogen-bond donors (Lipinski definition) is 2. The molecule has 0 aliphatic heterocycles. The fraction of sp³-hybridized carbons (Fsp3) is 0.412. The van der Waals surface area contributed by atoms with Crippen LogP contribution in [-0.2, 0) is 6.54 Å². The Balaban J connectivity index is 1.76. The molecule has 4 nitrogen and oxygen atoms in total. The zero-order valence-electron chi connectivity index (χ0n) is 14.0. The van der Waals surface area contributed by atoms with Crippen molar-refractivity contribution in [2.45, 2.75) is 40.7 Å². The molecule has 0 aliphatic rings. The minimum absolute atomic E-state index is 0.639. The molecular weight excluding hydrogens is 328 g/mol. The second kappa shape index (κ2) is 7.79. The number of nitrogens with one attached hydrogen (secondary N) is 2. The summed E-state index contributed by atoms with van der Waals surface area (Å²) in [5.74, 6) is 0. The van der Waals surface area contributed by atoms with Gasteiger partial charge in [0.15, 0.2) is 5.11 Å². The second-order valence-electron chi connectivity index (χ2n) is 5.74.